The molecule has 1 aliphatic heterocycles. The molecule has 0 radical (unpaired) electrons. The van der Waals surface area contributed by atoms with E-state index in [-0.39, 0.29) is 5.91 Å². The summed E-state index contributed by atoms with van der Waals surface area (Å²) >= 11 is 0. The molecular formula is C22H29N3O3S. The van der Waals surface area contributed by atoms with Crippen molar-refractivity contribution in [2.45, 2.75) is 32.4 Å². The van der Waals surface area contributed by atoms with Crippen LogP contribution in [0.25, 0.3) is 0 Å². The number of likely N-dealkylation sites (tertiary alicyclic amines) is 1. The summed E-state index contributed by atoms with van der Waals surface area (Å²) < 4.78 is 24.6. The molecule has 1 aliphatic rings. The van der Waals surface area contributed by atoms with Gasteiger partial charge in [-0.05, 0) is 55.3 Å². The van der Waals surface area contributed by atoms with Gasteiger partial charge in [0, 0.05) is 25.7 Å². The molecule has 1 heterocycles. The van der Waals surface area contributed by atoms with Crippen LogP contribution in [0.5, 0.6) is 0 Å². The van der Waals surface area contributed by atoms with Gasteiger partial charge in [-0.2, -0.15) is 0 Å². The molecule has 1 fully saturated rings. The van der Waals surface area contributed by atoms with Crippen LogP contribution in [0.15, 0.2) is 48.5 Å². The van der Waals surface area contributed by atoms with Crippen molar-refractivity contribution in [2.24, 2.45) is 0 Å². The van der Waals surface area contributed by atoms with Gasteiger partial charge in [-0.1, -0.05) is 36.8 Å². The molecule has 2 aromatic carbocycles. The first kappa shape index (κ1) is 21.3. The predicted molar refractivity (Wildman–Crippen MR) is 116 cm³/mol. The number of nitrogens with one attached hydrogen (secondary N) is 1. The van der Waals surface area contributed by atoms with Crippen molar-refractivity contribution >= 4 is 21.6 Å². The molecule has 7 heteroatoms. The molecular weight excluding hydrogens is 386 g/mol. The largest absolute Gasteiger partial charge is 0.348 e. The van der Waals surface area contributed by atoms with E-state index in [1.54, 1.807) is 24.3 Å². The van der Waals surface area contributed by atoms with Crippen molar-refractivity contribution in [3.8, 4) is 0 Å². The summed E-state index contributed by atoms with van der Waals surface area (Å²) in [5, 5.41) is 2.90. The van der Waals surface area contributed by atoms with Gasteiger partial charge in [0.2, 0.25) is 10.0 Å². The quantitative estimate of drug-likeness (QED) is 0.755. The van der Waals surface area contributed by atoms with Crippen LogP contribution in [0.1, 0.15) is 40.7 Å². The molecule has 1 saturated heterocycles. The third-order valence-corrected chi connectivity index (χ3v) is 6.51. The average Bonchev–Trinajstić information content (AvgIpc) is 2.72. The molecule has 156 valence electrons. The Morgan fingerprint density at radius 3 is 2.34 bits per heavy atom. The number of piperidine rings is 1. The number of amides is 1. The topological polar surface area (TPSA) is 69.7 Å². The van der Waals surface area contributed by atoms with Gasteiger partial charge in [0.1, 0.15) is 0 Å². The molecule has 29 heavy (non-hydrogen) atoms. The smallest absolute Gasteiger partial charge is 0.251 e. The van der Waals surface area contributed by atoms with Crippen LogP contribution in [0.3, 0.4) is 0 Å². The van der Waals surface area contributed by atoms with Gasteiger partial charge >= 0.3 is 0 Å². The summed E-state index contributed by atoms with van der Waals surface area (Å²) in [6, 6.07) is 14.9. The molecule has 0 bridgehead atoms. The van der Waals surface area contributed by atoms with E-state index in [0.717, 1.165) is 22.7 Å². The van der Waals surface area contributed by atoms with E-state index in [1.807, 2.05) is 12.1 Å². The minimum atomic E-state index is -3.37. The molecule has 0 unspecified atom stereocenters. The lowest BCUT2D eigenvalue weighted by atomic mass is 10.1. The fourth-order valence-electron chi connectivity index (χ4n) is 3.46. The molecule has 0 saturated carbocycles. The number of rotatable bonds is 7. The molecule has 0 aliphatic carbocycles. The zero-order valence-corrected chi connectivity index (χ0v) is 17.9. The lowest BCUT2D eigenvalue weighted by Gasteiger charge is -2.26. The first-order valence-corrected chi connectivity index (χ1v) is 11.8. The van der Waals surface area contributed by atoms with Gasteiger partial charge in [0.05, 0.1) is 11.9 Å². The van der Waals surface area contributed by atoms with Gasteiger partial charge in [-0.3, -0.25) is 14.0 Å². The molecule has 1 N–H and O–H groups in total. The third kappa shape index (κ3) is 6.05. The highest BCUT2D eigenvalue weighted by Crippen LogP contribution is 2.18. The van der Waals surface area contributed by atoms with E-state index in [2.05, 4.69) is 22.3 Å². The standard InChI is InChI=1S/C22H29N3O3S/c1-24(29(2,27)28)21-8-6-7-20(15-21)22(26)23-16-18-9-11-19(12-10-18)17-25-13-4-3-5-14-25/h6-12,15H,3-5,13-14,16-17H2,1-2H3,(H,23,26). The molecule has 0 aromatic heterocycles. The number of hydrogen-bond acceptors (Lipinski definition) is 4. The zero-order chi connectivity index (χ0) is 20.9. The highest BCUT2D eigenvalue weighted by atomic mass is 32.2. The predicted octanol–water partition coefficient (Wildman–Crippen LogP) is 3.00. The summed E-state index contributed by atoms with van der Waals surface area (Å²) in [6.45, 7) is 3.75. The summed E-state index contributed by atoms with van der Waals surface area (Å²) in [4.78, 5) is 15.0. The lowest BCUT2D eigenvalue weighted by Crippen LogP contribution is -2.29. The molecule has 6 nitrogen and oxygen atoms in total. The molecule has 3 rings (SSSR count). The van der Waals surface area contributed by atoms with E-state index in [4.69, 9.17) is 0 Å². The first-order chi connectivity index (χ1) is 13.8. The summed E-state index contributed by atoms with van der Waals surface area (Å²) in [5.41, 5.74) is 3.21. The second-order valence-electron chi connectivity index (χ2n) is 7.62. The number of nitrogens with zero attached hydrogens (tertiary/aromatic N) is 2. The number of sulfonamides is 1. The minimum Gasteiger partial charge on any atom is -0.348 e. The van der Waals surface area contributed by atoms with E-state index < -0.39 is 10.0 Å². The molecule has 0 spiro atoms. The lowest BCUT2D eigenvalue weighted by molar-refractivity contribution is 0.0951. The summed E-state index contributed by atoms with van der Waals surface area (Å²) in [7, 11) is -1.90. The maximum atomic E-state index is 12.5. The SMILES string of the molecule is CN(c1cccc(C(=O)NCc2ccc(CN3CCCCC3)cc2)c1)S(C)(=O)=O. The van der Waals surface area contributed by atoms with Crippen molar-refractivity contribution in [3.63, 3.8) is 0 Å². The Hall–Kier alpha value is -2.38. The van der Waals surface area contributed by atoms with E-state index in [0.29, 0.717) is 17.8 Å². The fourth-order valence-corrected chi connectivity index (χ4v) is 3.95. The van der Waals surface area contributed by atoms with Crippen molar-refractivity contribution in [1.29, 1.82) is 0 Å². The zero-order valence-electron chi connectivity index (χ0n) is 17.1. The number of anilines is 1. The Bertz CT molecular complexity index is 936. The second kappa shape index (κ2) is 9.41. The first-order valence-electron chi connectivity index (χ1n) is 9.95. The Balaban J connectivity index is 1.56. The van der Waals surface area contributed by atoms with Gasteiger partial charge in [0.25, 0.3) is 5.91 Å². The van der Waals surface area contributed by atoms with Crippen LogP contribution >= 0.6 is 0 Å². The molecule has 2 aromatic rings. The van der Waals surface area contributed by atoms with Crippen LogP contribution in [0.4, 0.5) is 5.69 Å². The van der Waals surface area contributed by atoms with Crippen molar-refractivity contribution < 1.29 is 13.2 Å². The number of carbonyl (C=O) groups is 1. The van der Waals surface area contributed by atoms with Crippen LogP contribution in [-0.2, 0) is 23.1 Å². The average molecular weight is 416 g/mol. The molecule has 0 atom stereocenters. The van der Waals surface area contributed by atoms with Crippen LogP contribution < -0.4 is 9.62 Å². The maximum Gasteiger partial charge on any atom is 0.251 e. The molecule has 1 amide bonds. The van der Waals surface area contributed by atoms with E-state index in [1.165, 1.54) is 45.0 Å². The van der Waals surface area contributed by atoms with Crippen molar-refractivity contribution in [3.05, 3.63) is 65.2 Å². The minimum absolute atomic E-state index is 0.230. The highest BCUT2D eigenvalue weighted by molar-refractivity contribution is 7.92. The van der Waals surface area contributed by atoms with Crippen LogP contribution in [-0.4, -0.2) is 45.6 Å². The normalized spacial score (nSPS) is 15.1. The van der Waals surface area contributed by atoms with Gasteiger partial charge in [-0.15, -0.1) is 0 Å². The van der Waals surface area contributed by atoms with Crippen LogP contribution in [0.2, 0.25) is 0 Å². The Labute approximate surface area is 173 Å². The van der Waals surface area contributed by atoms with Gasteiger partial charge < -0.3 is 5.32 Å². The number of benzene rings is 2. The number of hydrogen-bond donors (Lipinski definition) is 1. The Kier molecular flexibility index (Phi) is 6.92. The highest BCUT2D eigenvalue weighted by Gasteiger charge is 2.14. The van der Waals surface area contributed by atoms with E-state index >= 15 is 0 Å². The number of carbonyl (C=O) groups excluding carboxylic acids is 1. The van der Waals surface area contributed by atoms with E-state index in [9.17, 15) is 13.2 Å². The monoisotopic (exact) mass is 415 g/mol. The Morgan fingerprint density at radius 2 is 1.69 bits per heavy atom. The second-order valence-corrected chi connectivity index (χ2v) is 9.63. The van der Waals surface area contributed by atoms with Gasteiger partial charge in [0.15, 0.2) is 0 Å². The summed E-state index contributed by atoms with van der Waals surface area (Å²) in [6.07, 6.45) is 5.04. The fraction of sp³-hybridized carbons (Fsp3) is 0.409. The van der Waals surface area contributed by atoms with Crippen LogP contribution in [0, 0.1) is 0 Å². The third-order valence-electron chi connectivity index (χ3n) is 5.30. The van der Waals surface area contributed by atoms with Crippen molar-refractivity contribution in [1.82, 2.24) is 10.2 Å². The maximum absolute atomic E-state index is 12.5. The van der Waals surface area contributed by atoms with Crippen molar-refractivity contribution in [2.75, 3.05) is 30.7 Å². The Morgan fingerprint density at radius 1 is 1.03 bits per heavy atom. The summed E-state index contributed by atoms with van der Waals surface area (Å²) in [5.74, 6) is -0.230. The van der Waals surface area contributed by atoms with Gasteiger partial charge in [-0.25, -0.2) is 8.42 Å².